The van der Waals surface area contributed by atoms with Crippen LogP contribution in [-0.2, 0) is 6.61 Å². The molecule has 0 bridgehead atoms. The summed E-state index contributed by atoms with van der Waals surface area (Å²) in [5.74, 6) is -0.599. The highest BCUT2D eigenvalue weighted by Crippen LogP contribution is 2.13. The standard InChI is InChI=1S/C9H13N3O2/c1-5(10)8-2-6(4-13)7(3-12-8)9(11)14/h2-3,5,13H,4,10H2,1H3,(H2,11,14). The lowest BCUT2D eigenvalue weighted by Crippen LogP contribution is -2.16. The highest BCUT2D eigenvalue weighted by molar-refractivity contribution is 5.93. The van der Waals surface area contributed by atoms with Crippen LogP contribution in [0.25, 0.3) is 0 Å². The summed E-state index contributed by atoms with van der Waals surface area (Å²) in [4.78, 5) is 14.9. The Morgan fingerprint density at radius 3 is 2.79 bits per heavy atom. The van der Waals surface area contributed by atoms with Gasteiger partial charge in [-0.1, -0.05) is 0 Å². The summed E-state index contributed by atoms with van der Waals surface area (Å²) in [6.07, 6.45) is 1.34. The molecule has 1 atom stereocenters. The first-order chi connectivity index (χ1) is 6.56. The van der Waals surface area contributed by atoms with Crippen molar-refractivity contribution in [2.24, 2.45) is 11.5 Å². The molecule has 14 heavy (non-hydrogen) atoms. The Bertz CT molecular complexity index is 350. The van der Waals surface area contributed by atoms with Crippen molar-refractivity contribution in [3.63, 3.8) is 0 Å². The van der Waals surface area contributed by atoms with Crippen LogP contribution < -0.4 is 11.5 Å². The van der Waals surface area contributed by atoms with Crippen LogP contribution in [0.1, 0.15) is 34.6 Å². The van der Waals surface area contributed by atoms with E-state index in [2.05, 4.69) is 4.98 Å². The number of hydrogen-bond acceptors (Lipinski definition) is 4. The van der Waals surface area contributed by atoms with E-state index in [4.69, 9.17) is 16.6 Å². The monoisotopic (exact) mass is 195 g/mol. The molecular weight excluding hydrogens is 182 g/mol. The van der Waals surface area contributed by atoms with Gasteiger partial charge in [-0.2, -0.15) is 0 Å². The molecule has 0 fully saturated rings. The van der Waals surface area contributed by atoms with Crippen LogP contribution in [0, 0.1) is 0 Å². The molecule has 0 aliphatic rings. The van der Waals surface area contributed by atoms with E-state index >= 15 is 0 Å². The normalized spacial score (nSPS) is 12.5. The number of rotatable bonds is 3. The number of aromatic nitrogens is 1. The first-order valence-electron chi connectivity index (χ1n) is 4.21. The third kappa shape index (κ3) is 2.07. The van der Waals surface area contributed by atoms with Crippen LogP contribution >= 0.6 is 0 Å². The molecule has 0 saturated heterocycles. The van der Waals surface area contributed by atoms with Crippen LogP contribution in [0.2, 0.25) is 0 Å². The zero-order chi connectivity index (χ0) is 10.7. The van der Waals surface area contributed by atoms with Gasteiger partial charge >= 0.3 is 0 Å². The molecule has 0 aliphatic carbocycles. The Kier molecular flexibility index (Phi) is 3.16. The van der Waals surface area contributed by atoms with Gasteiger partial charge in [0.05, 0.1) is 17.9 Å². The van der Waals surface area contributed by atoms with Crippen molar-refractivity contribution in [2.45, 2.75) is 19.6 Å². The van der Waals surface area contributed by atoms with E-state index in [0.29, 0.717) is 11.3 Å². The third-order valence-corrected chi connectivity index (χ3v) is 1.91. The minimum absolute atomic E-state index is 0.233. The Morgan fingerprint density at radius 1 is 1.71 bits per heavy atom. The summed E-state index contributed by atoms with van der Waals surface area (Å²) in [6.45, 7) is 1.52. The second-order valence-electron chi connectivity index (χ2n) is 3.08. The summed E-state index contributed by atoms with van der Waals surface area (Å²) < 4.78 is 0. The molecule has 0 radical (unpaired) electrons. The van der Waals surface area contributed by atoms with E-state index in [9.17, 15) is 4.79 Å². The Morgan fingerprint density at radius 2 is 2.36 bits per heavy atom. The maximum Gasteiger partial charge on any atom is 0.250 e. The van der Waals surface area contributed by atoms with Gasteiger partial charge in [0.2, 0.25) is 0 Å². The van der Waals surface area contributed by atoms with Gasteiger partial charge in [0.15, 0.2) is 0 Å². The summed E-state index contributed by atoms with van der Waals surface area (Å²) in [5.41, 5.74) is 12.0. The Labute approximate surface area is 81.7 Å². The maximum absolute atomic E-state index is 10.9. The average Bonchev–Trinajstić information content (AvgIpc) is 2.16. The molecule has 1 unspecified atom stereocenters. The van der Waals surface area contributed by atoms with E-state index < -0.39 is 5.91 Å². The zero-order valence-corrected chi connectivity index (χ0v) is 7.90. The quantitative estimate of drug-likeness (QED) is 0.615. The fourth-order valence-electron chi connectivity index (χ4n) is 1.12. The van der Waals surface area contributed by atoms with E-state index in [0.717, 1.165) is 0 Å². The molecule has 0 saturated carbocycles. The summed E-state index contributed by atoms with van der Waals surface area (Å²) >= 11 is 0. The number of hydrogen-bond donors (Lipinski definition) is 3. The number of nitrogens with zero attached hydrogens (tertiary/aromatic N) is 1. The van der Waals surface area contributed by atoms with Gasteiger partial charge < -0.3 is 16.6 Å². The molecule has 5 heteroatoms. The van der Waals surface area contributed by atoms with Gasteiger partial charge in [-0.3, -0.25) is 9.78 Å². The topological polar surface area (TPSA) is 102 Å². The second-order valence-corrected chi connectivity index (χ2v) is 3.08. The Balaban J connectivity index is 3.18. The Hall–Kier alpha value is -1.46. The minimum Gasteiger partial charge on any atom is -0.392 e. The molecule has 0 aromatic carbocycles. The van der Waals surface area contributed by atoms with Gasteiger partial charge in [0.25, 0.3) is 5.91 Å². The van der Waals surface area contributed by atoms with Crippen molar-refractivity contribution in [3.05, 3.63) is 29.1 Å². The number of aliphatic hydroxyl groups is 1. The largest absolute Gasteiger partial charge is 0.392 e. The number of carbonyl (C=O) groups is 1. The van der Waals surface area contributed by atoms with Gasteiger partial charge in [-0.25, -0.2) is 0 Å². The fraction of sp³-hybridized carbons (Fsp3) is 0.333. The number of primary amides is 1. The molecule has 0 aliphatic heterocycles. The first kappa shape index (κ1) is 10.6. The van der Waals surface area contributed by atoms with Crippen LogP contribution in [0.4, 0.5) is 0 Å². The van der Waals surface area contributed by atoms with Gasteiger partial charge in [0, 0.05) is 12.2 Å². The molecule has 1 amide bonds. The zero-order valence-electron chi connectivity index (χ0n) is 7.90. The second kappa shape index (κ2) is 4.17. The van der Waals surface area contributed by atoms with Crippen LogP contribution in [0.15, 0.2) is 12.3 Å². The summed E-state index contributed by atoms with van der Waals surface area (Å²) in [6, 6.07) is 1.35. The van der Waals surface area contributed by atoms with Crippen molar-refractivity contribution < 1.29 is 9.90 Å². The average molecular weight is 195 g/mol. The molecule has 5 nitrogen and oxygen atoms in total. The van der Waals surface area contributed by atoms with Crippen molar-refractivity contribution in [3.8, 4) is 0 Å². The highest BCUT2D eigenvalue weighted by atomic mass is 16.3. The summed E-state index contributed by atoms with van der Waals surface area (Å²) in [5, 5.41) is 9.00. The molecule has 1 heterocycles. The number of amides is 1. The maximum atomic E-state index is 10.9. The molecule has 0 spiro atoms. The molecule has 5 N–H and O–H groups in total. The number of pyridine rings is 1. The van der Waals surface area contributed by atoms with E-state index in [1.54, 1.807) is 13.0 Å². The minimum atomic E-state index is -0.599. The SMILES string of the molecule is CC(N)c1cc(CO)c(C(N)=O)cn1. The lowest BCUT2D eigenvalue weighted by Gasteiger charge is -2.08. The predicted molar refractivity (Wildman–Crippen MR) is 51.3 cm³/mol. The molecule has 1 rings (SSSR count). The number of nitrogens with two attached hydrogens (primary N) is 2. The number of carbonyl (C=O) groups excluding carboxylic acids is 1. The van der Waals surface area contributed by atoms with Crippen LogP contribution in [0.5, 0.6) is 0 Å². The predicted octanol–water partition coefficient (Wildman–Crippen LogP) is -0.308. The van der Waals surface area contributed by atoms with Crippen molar-refractivity contribution >= 4 is 5.91 Å². The smallest absolute Gasteiger partial charge is 0.250 e. The third-order valence-electron chi connectivity index (χ3n) is 1.91. The van der Waals surface area contributed by atoms with Gasteiger partial charge in [-0.05, 0) is 18.6 Å². The molecule has 1 aromatic heterocycles. The van der Waals surface area contributed by atoms with Gasteiger partial charge in [0.1, 0.15) is 0 Å². The first-order valence-corrected chi connectivity index (χ1v) is 4.21. The number of aliphatic hydroxyl groups excluding tert-OH is 1. The fourth-order valence-corrected chi connectivity index (χ4v) is 1.12. The highest BCUT2D eigenvalue weighted by Gasteiger charge is 2.10. The van der Waals surface area contributed by atoms with Crippen LogP contribution in [0.3, 0.4) is 0 Å². The van der Waals surface area contributed by atoms with Crippen LogP contribution in [-0.4, -0.2) is 16.0 Å². The van der Waals surface area contributed by atoms with E-state index in [1.807, 2.05) is 0 Å². The molecule has 1 aromatic rings. The molecule has 76 valence electrons. The lowest BCUT2D eigenvalue weighted by molar-refractivity contribution is 0.0997. The van der Waals surface area contributed by atoms with Crippen molar-refractivity contribution in [2.75, 3.05) is 0 Å². The van der Waals surface area contributed by atoms with E-state index in [1.165, 1.54) is 6.20 Å². The molecular formula is C9H13N3O2. The van der Waals surface area contributed by atoms with Crippen molar-refractivity contribution in [1.82, 2.24) is 4.98 Å². The van der Waals surface area contributed by atoms with E-state index in [-0.39, 0.29) is 18.2 Å². The van der Waals surface area contributed by atoms with Gasteiger partial charge in [-0.15, -0.1) is 0 Å². The van der Waals surface area contributed by atoms with Crippen molar-refractivity contribution in [1.29, 1.82) is 0 Å². The summed E-state index contributed by atoms with van der Waals surface area (Å²) in [7, 11) is 0. The lowest BCUT2D eigenvalue weighted by atomic mass is 10.1.